The predicted octanol–water partition coefficient (Wildman–Crippen LogP) is 3.52. The number of anilines is 1. The Morgan fingerprint density at radius 1 is 1.40 bits per heavy atom. The van der Waals surface area contributed by atoms with E-state index in [1.807, 2.05) is 0 Å². The fourth-order valence-corrected chi connectivity index (χ4v) is 4.24. The van der Waals surface area contributed by atoms with Crippen LogP contribution in [0.25, 0.3) is 0 Å². The van der Waals surface area contributed by atoms with Crippen molar-refractivity contribution in [3.8, 4) is 0 Å². The number of nitrogens with one attached hydrogen (secondary N) is 2. The summed E-state index contributed by atoms with van der Waals surface area (Å²) in [6.07, 6.45) is -2.96. The molecule has 164 valence electrons. The van der Waals surface area contributed by atoms with E-state index >= 15 is 0 Å². The van der Waals surface area contributed by atoms with Gasteiger partial charge >= 0.3 is 11.9 Å². The summed E-state index contributed by atoms with van der Waals surface area (Å²) in [7, 11) is 0. The van der Waals surface area contributed by atoms with Gasteiger partial charge in [-0.05, 0) is 30.9 Å². The molecule has 2 N–H and O–H groups in total. The van der Waals surface area contributed by atoms with Crippen molar-refractivity contribution in [1.82, 2.24) is 14.8 Å². The molecule has 1 aliphatic rings. The van der Waals surface area contributed by atoms with Crippen molar-refractivity contribution in [3.63, 3.8) is 0 Å². The molecule has 2 heterocycles. The van der Waals surface area contributed by atoms with E-state index in [2.05, 4.69) is 15.5 Å². The number of aromatic amines is 1. The topological polar surface area (TPSA) is 89.0 Å². The van der Waals surface area contributed by atoms with Crippen LogP contribution in [0.2, 0.25) is 0 Å². The molecule has 11 heteroatoms. The highest BCUT2D eigenvalue weighted by Crippen LogP contribution is 2.35. The average molecular weight is 444 g/mol. The lowest BCUT2D eigenvalue weighted by Crippen LogP contribution is -2.31. The van der Waals surface area contributed by atoms with Crippen LogP contribution in [-0.2, 0) is 22.3 Å². The number of hydrogen-bond donors (Lipinski definition) is 2. The smallest absolute Gasteiger partial charge is 0.376 e. The van der Waals surface area contributed by atoms with Gasteiger partial charge in [0.25, 0.3) is 0 Å². The Kier molecular flexibility index (Phi) is 6.91. The maximum absolute atomic E-state index is 13.2. The number of H-pyrrole nitrogens is 1. The summed E-state index contributed by atoms with van der Waals surface area (Å²) in [6, 6.07) is 4.82. The standard InChI is InChI=1S/C19H23F3N4O3S/c1-11(2)15(16(27)23-14-8-4-3-7-13(14)19(20,21)22)30-18-25-24-17(28)26(18)10-12-6-5-9-29-12/h3-4,7-8,11-12,15H,5-6,9-10H2,1-2H3,(H,23,27)(H,24,28). The summed E-state index contributed by atoms with van der Waals surface area (Å²) >= 11 is 1.04. The first-order chi connectivity index (χ1) is 14.2. The first-order valence-corrected chi connectivity index (χ1v) is 10.5. The van der Waals surface area contributed by atoms with Crippen LogP contribution in [0.15, 0.2) is 34.2 Å². The summed E-state index contributed by atoms with van der Waals surface area (Å²) in [5.41, 5.74) is -1.64. The molecule has 0 radical (unpaired) electrons. The molecule has 1 amide bonds. The molecule has 2 atom stereocenters. The molecular weight excluding hydrogens is 421 g/mol. The first-order valence-electron chi connectivity index (χ1n) is 9.57. The second-order valence-corrected chi connectivity index (χ2v) is 8.48. The number of para-hydroxylation sites is 1. The molecule has 1 aliphatic heterocycles. The van der Waals surface area contributed by atoms with Crippen molar-refractivity contribution in [2.75, 3.05) is 11.9 Å². The van der Waals surface area contributed by atoms with Crippen molar-refractivity contribution >= 4 is 23.4 Å². The van der Waals surface area contributed by atoms with Crippen LogP contribution in [0.3, 0.4) is 0 Å². The number of ether oxygens (including phenoxy) is 1. The van der Waals surface area contributed by atoms with Crippen molar-refractivity contribution in [3.05, 3.63) is 40.3 Å². The monoisotopic (exact) mass is 444 g/mol. The van der Waals surface area contributed by atoms with E-state index < -0.39 is 28.6 Å². The fourth-order valence-electron chi connectivity index (χ4n) is 3.20. The van der Waals surface area contributed by atoms with Crippen molar-refractivity contribution in [2.45, 2.75) is 55.9 Å². The first kappa shape index (κ1) is 22.4. The summed E-state index contributed by atoms with van der Waals surface area (Å²) < 4.78 is 46.7. The summed E-state index contributed by atoms with van der Waals surface area (Å²) in [6.45, 7) is 4.50. The van der Waals surface area contributed by atoms with E-state index in [0.717, 1.165) is 30.7 Å². The maximum atomic E-state index is 13.2. The number of nitrogens with zero attached hydrogens (tertiary/aromatic N) is 2. The number of benzene rings is 1. The SMILES string of the molecule is CC(C)C(Sc1n[nH]c(=O)n1CC1CCCO1)C(=O)Nc1ccccc1C(F)(F)F. The third kappa shape index (κ3) is 5.25. The third-order valence-electron chi connectivity index (χ3n) is 4.72. The second-order valence-electron chi connectivity index (χ2n) is 7.37. The third-order valence-corrected chi connectivity index (χ3v) is 6.25. The van der Waals surface area contributed by atoms with Gasteiger partial charge in [0.15, 0.2) is 5.16 Å². The van der Waals surface area contributed by atoms with Gasteiger partial charge in [0, 0.05) is 6.61 Å². The minimum Gasteiger partial charge on any atom is -0.376 e. The number of carbonyl (C=O) groups is 1. The molecule has 1 fully saturated rings. The van der Waals surface area contributed by atoms with Crippen molar-refractivity contribution in [2.24, 2.45) is 5.92 Å². The number of hydrogen-bond acceptors (Lipinski definition) is 5. The van der Waals surface area contributed by atoms with Gasteiger partial charge < -0.3 is 10.1 Å². The average Bonchev–Trinajstić information content (AvgIpc) is 3.30. The van der Waals surface area contributed by atoms with Gasteiger partial charge in [-0.2, -0.15) is 13.2 Å². The van der Waals surface area contributed by atoms with E-state index in [9.17, 15) is 22.8 Å². The fraction of sp³-hybridized carbons (Fsp3) is 0.526. The predicted molar refractivity (Wildman–Crippen MR) is 106 cm³/mol. The lowest BCUT2D eigenvalue weighted by Gasteiger charge is -2.21. The minimum atomic E-state index is -4.59. The molecule has 1 aromatic carbocycles. The highest BCUT2D eigenvalue weighted by atomic mass is 32.2. The summed E-state index contributed by atoms with van der Waals surface area (Å²) in [5, 5.41) is 8.30. The normalized spacial score (nSPS) is 18.0. The Morgan fingerprint density at radius 3 is 2.77 bits per heavy atom. The van der Waals surface area contributed by atoms with E-state index in [0.29, 0.717) is 18.3 Å². The quantitative estimate of drug-likeness (QED) is 0.638. The number of alkyl halides is 3. The van der Waals surface area contributed by atoms with E-state index in [1.165, 1.54) is 22.8 Å². The van der Waals surface area contributed by atoms with Crippen LogP contribution in [-0.4, -0.2) is 38.6 Å². The number of carbonyl (C=O) groups excluding carboxylic acids is 1. The number of aromatic nitrogens is 3. The molecule has 0 bridgehead atoms. The molecule has 2 aromatic rings. The Morgan fingerprint density at radius 2 is 2.13 bits per heavy atom. The van der Waals surface area contributed by atoms with Gasteiger partial charge in [-0.1, -0.05) is 37.7 Å². The maximum Gasteiger partial charge on any atom is 0.418 e. The number of rotatable bonds is 7. The zero-order chi connectivity index (χ0) is 21.9. The highest BCUT2D eigenvalue weighted by Gasteiger charge is 2.35. The zero-order valence-electron chi connectivity index (χ0n) is 16.5. The number of thioether (sulfide) groups is 1. The van der Waals surface area contributed by atoms with Crippen LogP contribution in [0.4, 0.5) is 18.9 Å². The largest absolute Gasteiger partial charge is 0.418 e. The molecule has 2 unspecified atom stereocenters. The van der Waals surface area contributed by atoms with Crippen LogP contribution in [0, 0.1) is 5.92 Å². The molecule has 1 aromatic heterocycles. The van der Waals surface area contributed by atoms with Gasteiger partial charge in [0.1, 0.15) is 0 Å². The summed E-state index contributed by atoms with van der Waals surface area (Å²) in [4.78, 5) is 25.0. The van der Waals surface area contributed by atoms with Gasteiger partial charge in [-0.25, -0.2) is 9.89 Å². The molecule has 30 heavy (non-hydrogen) atoms. The Hall–Kier alpha value is -2.27. The number of halogens is 3. The zero-order valence-corrected chi connectivity index (χ0v) is 17.3. The van der Waals surface area contributed by atoms with Gasteiger partial charge in [0.05, 0.1) is 29.1 Å². The van der Waals surface area contributed by atoms with Gasteiger partial charge in [0.2, 0.25) is 5.91 Å². The second kappa shape index (κ2) is 9.25. The van der Waals surface area contributed by atoms with E-state index in [1.54, 1.807) is 13.8 Å². The van der Waals surface area contributed by atoms with Crippen LogP contribution in [0.1, 0.15) is 32.3 Å². The molecule has 0 saturated carbocycles. The van der Waals surface area contributed by atoms with Crippen molar-refractivity contribution in [1.29, 1.82) is 0 Å². The molecule has 1 saturated heterocycles. The molecule has 3 rings (SSSR count). The number of amides is 1. The summed E-state index contributed by atoms with van der Waals surface area (Å²) in [5.74, 6) is -0.818. The van der Waals surface area contributed by atoms with E-state index in [-0.39, 0.29) is 17.7 Å². The lowest BCUT2D eigenvalue weighted by atomic mass is 10.1. The molecule has 0 aliphatic carbocycles. The van der Waals surface area contributed by atoms with Crippen LogP contribution in [0.5, 0.6) is 0 Å². The Balaban J connectivity index is 1.79. The van der Waals surface area contributed by atoms with Crippen LogP contribution >= 0.6 is 11.8 Å². The Bertz CT molecular complexity index is 936. The van der Waals surface area contributed by atoms with E-state index in [4.69, 9.17) is 4.74 Å². The minimum absolute atomic E-state index is 0.107. The molecular formula is C19H23F3N4O3S. The van der Waals surface area contributed by atoms with Crippen molar-refractivity contribution < 1.29 is 22.7 Å². The molecule has 7 nitrogen and oxygen atoms in total. The van der Waals surface area contributed by atoms with Crippen LogP contribution < -0.4 is 11.0 Å². The van der Waals surface area contributed by atoms with Gasteiger partial charge in [-0.15, -0.1) is 5.10 Å². The highest BCUT2D eigenvalue weighted by molar-refractivity contribution is 8.00. The van der Waals surface area contributed by atoms with Gasteiger partial charge in [-0.3, -0.25) is 9.36 Å². The lowest BCUT2D eigenvalue weighted by molar-refractivity contribution is -0.137. The molecule has 0 spiro atoms. The Labute approximate surface area is 175 Å².